The largest absolute Gasteiger partial charge is 0.478 e. The SMILES string of the molecule is CC(C)(O/N=C(\C(=O)N[C@@H]1C(=O)N2[C@@H]1[S@@](=O)C[C@@H]1CC(=O)O[C@@]12C(=O)O)c1nc(N)sc1Cl)C(=O)O. The minimum Gasteiger partial charge on any atom is -0.478 e. The second-order valence-corrected chi connectivity index (χ2v) is 11.7. The number of carboxylic acid groups (broad SMARTS) is 2. The summed E-state index contributed by atoms with van der Waals surface area (Å²) in [4.78, 5) is 71.0. The van der Waals surface area contributed by atoms with Gasteiger partial charge < -0.3 is 30.8 Å². The smallest absolute Gasteiger partial charge is 0.370 e. The first-order chi connectivity index (χ1) is 16.7. The normalized spacial score (nSPS) is 29.5. The molecule has 18 heteroatoms. The van der Waals surface area contributed by atoms with Crippen molar-refractivity contribution in [3.63, 3.8) is 0 Å². The van der Waals surface area contributed by atoms with E-state index >= 15 is 0 Å². The average molecular weight is 564 g/mol. The molecule has 194 valence electrons. The molecule has 5 atom stereocenters. The van der Waals surface area contributed by atoms with Crippen molar-refractivity contribution in [3.8, 4) is 0 Å². The third-order valence-electron chi connectivity index (χ3n) is 5.79. The summed E-state index contributed by atoms with van der Waals surface area (Å²) >= 11 is 6.86. The number of nitrogens with zero attached hydrogens (tertiary/aromatic N) is 3. The molecule has 3 aliphatic heterocycles. The Morgan fingerprint density at radius 2 is 2.06 bits per heavy atom. The molecule has 4 heterocycles. The van der Waals surface area contributed by atoms with E-state index in [1.54, 1.807) is 0 Å². The number of nitrogen functional groups attached to an aromatic ring is 1. The molecule has 0 spiro atoms. The second-order valence-electron chi connectivity index (χ2n) is 8.50. The van der Waals surface area contributed by atoms with Gasteiger partial charge in [0.15, 0.2) is 10.8 Å². The van der Waals surface area contributed by atoms with Gasteiger partial charge in [-0.2, -0.15) is 0 Å². The highest BCUT2D eigenvalue weighted by Gasteiger charge is 2.73. The zero-order valence-corrected chi connectivity index (χ0v) is 20.8. The first-order valence-corrected chi connectivity index (χ1v) is 12.7. The monoisotopic (exact) mass is 563 g/mol. The number of carbonyl (C=O) groups is 5. The van der Waals surface area contributed by atoms with Crippen LogP contribution in [0.2, 0.25) is 4.34 Å². The number of β-lactam (4-membered cyclic amide) rings is 1. The number of hydrogen-bond acceptors (Lipinski definition) is 12. The number of carbonyl (C=O) groups excluding carboxylic acids is 3. The number of hydrogen-bond donors (Lipinski definition) is 4. The zero-order valence-electron chi connectivity index (χ0n) is 18.4. The summed E-state index contributed by atoms with van der Waals surface area (Å²) in [5.74, 6) is -7.23. The van der Waals surface area contributed by atoms with Crippen LogP contribution < -0.4 is 11.1 Å². The van der Waals surface area contributed by atoms with E-state index in [0.717, 1.165) is 25.2 Å². The topological polar surface area (TPSA) is 228 Å². The van der Waals surface area contributed by atoms with Crippen molar-refractivity contribution in [2.24, 2.45) is 11.1 Å². The highest BCUT2D eigenvalue weighted by Crippen LogP contribution is 2.47. The molecule has 3 saturated heterocycles. The number of anilines is 1. The van der Waals surface area contributed by atoms with Crippen LogP contribution >= 0.6 is 22.9 Å². The first kappa shape index (κ1) is 25.8. The van der Waals surface area contributed by atoms with Crippen LogP contribution in [0.1, 0.15) is 26.0 Å². The van der Waals surface area contributed by atoms with Crippen molar-refractivity contribution in [2.75, 3.05) is 11.5 Å². The summed E-state index contributed by atoms with van der Waals surface area (Å²) in [6.45, 7) is 2.32. The molecule has 3 fully saturated rings. The van der Waals surface area contributed by atoms with Crippen molar-refractivity contribution in [2.45, 2.75) is 43.0 Å². The van der Waals surface area contributed by atoms with E-state index in [1.165, 1.54) is 0 Å². The minimum absolute atomic E-state index is 0.0511. The van der Waals surface area contributed by atoms with E-state index in [-0.39, 0.29) is 27.3 Å². The van der Waals surface area contributed by atoms with Crippen LogP contribution in [0, 0.1) is 5.92 Å². The molecule has 3 aliphatic rings. The zero-order chi connectivity index (χ0) is 26.7. The lowest BCUT2D eigenvalue weighted by Gasteiger charge is -2.56. The van der Waals surface area contributed by atoms with E-state index in [2.05, 4.69) is 15.5 Å². The molecule has 0 saturated carbocycles. The van der Waals surface area contributed by atoms with Crippen LogP contribution in [-0.4, -0.2) is 88.2 Å². The van der Waals surface area contributed by atoms with Crippen LogP contribution in [0.15, 0.2) is 5.16 Å². The maximum atomic E-state index is 13.1. The molecule has 1 aromatic rings. The molecular formula is C18H18ClN5O10S2. The van der Waals surface area contributed by atoms with Gasteiger partial charge in [0.1, 0.15) is 21.4 Å². The van der Waals surface area contributed by atoms with E-state index in [9.17, 15) is 38.4 Å². The van der Waals surface area contributed by atoms with Gasteiger partial charge in [-0.3, -0.25) is 23.5 Å². The molecule has 1 aromatic heterocycles. The van der Waals surface area contributed by atoms with E-state index in [4.69, 9.17) is 26.9 Å². The predicted octanol–water partition coefficient (Wildman–Crippen LogP) is -1.28. The first-order valence-electron chi connectivity index (χ1n) is 10.1. The molecule has 0 bridgehead atoms. The average Bonchev–Trinajstić information content (AvgIpc) is 3.28. The number of carboxylic acids is 2. The van der Waals surface area contributed by atoms with Gasteiger partial charge in [-0.05, 0) is 13.8 Å². The third-order valence-corrected chi connectivity index (χ3v) is 8.62. The summed E-state index contributed by atoms with van der Waals surface area (Å²) < 4.78 is 17.8. The summed E-state index contributed by atoms with van der Waals surface area (Å²) in [6.07, 6.45) is -0.331. The van der Waals surface area contributed by atoms with Crippen molar-refractivity contribution in [1.82, 2.24) is 15.2 Å². The van der Waals surface area contributed by atoms with E-state index in [1.807, 2.05) is 0 Å². The van der Waals surface area contributed by atoms with Gasteiger partial charge in [0.2, 0.25) is 5.60 Å². The van der Waals surface area contributed by atoms with Crippen LogP contribution in [0.4, 0.5) is 5.13 Å². The molecule has 36 heavy (non-hydrogen) atoms. The number of amides is 2. The summed E-state index contributed by atoms with van der Waals surface area (Å²) in [5.41, 5.74) is 0.524. The van der Waals surface area contributed by atoms with Gasteiger partial charge >= 0.3 is 17.9 Å². The fourth-order valence-corrected chi connectivity index (χ4v) is 6.81. The number of halogens is 1. The molecular weight excluding hydrogens is 546 g/mol. The molecule has 0 radical (unpaired) electrons. The molecule has 4 rings (SSSR count). The summed E-state index contributed by atoms with van der Waals surface area (Å²) in [6, 6.07) is -1.48. The number of esters is 1. The quantitative estimate of drug-likeness (QED) is 0.132. The Kier molecular flexibility index (Phi) is 6.20. The number of aromatic nitrogens is 1. The highest BCUT2D eigenvalue weighted by atomic mass is 35.5. The van der Waals surface area contributed by atoms with Gasteiger partial charge in [-0.15, -0.1) is 0 Å². The van der Waals surface area contributed by atoms with E-state index < -0.39 is 74.9 Å². The van der Waals surface area contributed by atoms with Crippen molar-refractivity contribution in [1.29, 1.82) is 0 Å². The number of ether oxygens (including phenoxy) is 1. The van der Waals surface area contributed by atoms with Crippen LogP contribution in [0.5, 0.6) is 0 Å². The summed E-state index contributed by atoms with van der Waals surface area (Å²) in [5, 5.41) is 23.6. The fourth-order valence-electron chi connectivity index (χ4n) is 3.96. The number of nitrogens with one attached hydrogen (secondary N) is 1. The van der Waals surface area contributed by atoms with Crippen LogP contribution in [0.25, 0.3) is 0 Å². The predicted molar refractivity (Wildman–Crippen MR) is 121 cm³/mol. The molecule has 0 unspecified atom stereocenters. The lowest BCUT2D eigenvalue weighted by Crippen LogP contribution is -2.83. The Labute approximate surface area is 213 Å². The number of fused-ring (bicyclic) bond motifs is 3. The number of aliphatic carboxylic acids is 2. The third kappa shape index (κ3) is 3.86. The molecule has 0 aromatic carbocycles. The second kappa shape index (κ2) is 8.67. The van der Waals surface area contributed by atoms with Crippen molar-refractivity contribution >= 4 is 74.3 Å². The number of rotatable bonds is 7. The van der Waals surface area contributed by atoms with Gasteiger partial charge in [0.25, 0.3) is 17.5 Å². The fraction of sp³-hybridized carbons (Fsp3) is 0.500. The Hall–Kier alpha value is -3.31. The van der Waals surface area contributed by atoms with Gasteiger partial charge in [0.05, 0.1) is 12.3 Å². The standard InChI is InChI=1S/C18H18ClN5O10S2/c1-17(2,14(28)29)34-23-8(7-10(19)35-16(20)22-7)11(26)21-9-12(27)24-13(9)36(32)4-5-3-6(25)33-18(5,24)15(30)31/h5,9,13H,3-4H2,1-2H3,(H2,20,22)(H,21,26)(H,28,29)(H,30,31)/b23-8-/t5-,9+,13+,18+,36-/m0/s1. The number of nitrogens with two attached hydrogens (primary N) is 1. The molecule has 5 N–H and O–H groups in total. The number of oxime groups is 1. The lowest BCUT2D eigenvalue weighted by atomic mass is 9.89. The van der Waals surface area contributed by atoms with Crippen LogP contribution in [0.3, 0.4) is 0 Å². The van der Waals surface area contributed by atoms with Gasteiger partial charge in [0, 0.05) is 16.6 Å². The Balaban J connectivity index is 1.64. The Morgan fingerprint density at radius 3 is 2.61 bits per heavy atom. The summed E-state index contributed by atoms with van der Waals surface area (Å²) in [7, 11) is -1.86. The molecule has 0 aliphatic carbocycles. The number of thiazole rings is 1. The Bertz CT molecular complexity index is 1260. The van der Waals surface area contributed by atoms with Crippen LogP contribution in [-0.2, 0) is 44.3 Å². The minimum atomic E-state index is -2.33. The maximum Gasteiger partial charge on any atom is 0.370 e. The van der Waals surface area contributed by atoms with Crippen molar-refractivity contribution in [3.05, 3.63) is 10.0 Å². The molecule has 2 amide bonds. The van der Waals surface area contributed by atoms with E-state index in [0.29, 0.717) is 4.90 Å². The van der Waals surface area contributed by atoms with Gasteiger partial charge in [-0.1, -0.05) is 28.1 Å². The lowest BCUT2D eigenvalue weighted by molar-refractivity contribution is -0.216. The van der Waals surface area contributed by atoms with Gasteiger partial charge in [-0.25, -0.2) is 14.6 Å². The molecule has 15 nitrogen and oxygen atoms in total. The highest BCUT2D eigenvalue weighted by molar-refractivity contribution is 7.85. The Morgan fingerprint density at radius 1 is 1.39 bits per heavy atom. The maximum absolute atomic E-state index is 13.1. The van der Waals surface area contributed by atoms with Crippen molar-refractivity contribution < 1.29 is 48.0 Å².